The van der Waals surface area contributed by atoms with Gasteiger partial charge < -0.3 is 15.4 Å². The molecule has 1 aromatic rings. The van der Waals surface area contributed by atoms with E-state index in [-0.39, 0.29) is 6.03 Å². The molecular formula is C12H15BrN2O2. The second-order valence-corrected chi connectivity index (χ2v) is 4.06. The van der Waals surface area contributed by atoms with E-state index in [1.54, 1.807) is 6.08 Å². The lowest BCUT2D eigenvalue weighted by Gasteiger charge is -2.09. The Morgan fingerprint density at radius 3 is 2.88 bits per heavy atom. The average Bonchev–Trinajstić information content (AvgIpc) is 2.34. The van der Waals surface area contributed by atoms with Gasteiger partial charge in [-0.2, -0.15) is 0 Å². The van der Waals surface area contributed by atoms with Crippen molar-refractivity contribution in [2.24, 2.45) is 0 Å². The van der Waals surface area contributed by atoms with Crippen molar-refractivity contribution in [2.75, 3.05) is 19.7 Å². The van der Waals surface area contributed by atoms with Crippen LogP contribution in [0, 0.1) is 0 Å². The standard InChI is InChI=1S/C12H15BrN2O2/c1-2-7-14-12(16)15-8-9-17-11-6-4-3-5-10(11)13/h2-6H,1,7-9H2,(H2,14,15,16). The molecule has 5 heteroatoms. The summed E-state index contributed by atoms with van der Waals surface area (Å²) in [6.07, 6.45) is 1.62. The van der Waals surface area contributed by atoms with Gasteiger partial charge in [0.2, 0.25) is 0 Å². The lowest BCUT2D eigenvalue weighted by Crippen LogP contribution is -2.37. The molecule has 0 aliphatic carbocycles. The number of nitrogens with one attached hydrogen (secondary N) is 2. The highest BCUT2D eigenvalue weighted by Crippen LogP contribution is 2.23. The Balaban J connectivity index is 2.18. The van der Waals surface area contributed by atoms with Crippen LogP contribution >= 0.6 is 15.9 Å². The zero-order valence-corrected chi connectivity index (χ0v) is 11.0. The molecule has 4 nitrogen and oxygen atoms in total. The number of rotatable bonds is 6. The van der Waals surface area contributed by atoms with E-state index in [1.807, 2.05) is 24.3 Å². The van der Waals surface area contributed by atoms with Crippen LogP contribution in [0.25, 0.3) is 0 Å². The summed E-state index contributed by atoms with van der Waals surface area (Å²) in [6, 6.07) is 7.35. The Hall–Kier alpha value is -1.49. The molecule has 0 spiro atoms. The van der Waals surface area contributed by atoms with Crippen LogP contribution in [0.1, 0.15) is 0 Å². The van der Waals surface area contributed by atoms with E-state index in [0.717, 1.165) is 10.2 Å². The lowest BCUT2D eigenvalue weighted by molar-refractivity contribution is 0.237. The van der Waals surface area contributed by atoms with Gasteiger partial charge in [0.05, 0.1) is 11.0 Å². The Labute approximate surface area is 109 Å². The zero-order chi connectivity index (χ0) is 12.5. The molecule has 0 fully saturated rings. The highest BCUT2D eigenvalue weighted by molar-refractivity contribution is 9.10. The van der Waals surface area contributed by atoms with Crippen LogP contribution in [0.5, 0.6) is 5.75 Å². The number of amides is 2. The fourth-order valence-electron chi connectivity index (χ4n) is 1.11. The van der Waals surface area contributed by atoms with Crippen molar-refractivity contribution in [3.05, 3.63) is 41.4 Å². The van der Waals surface area contributed by atoms with E-state index in [4.69, 9.17) is 4.74 Å². The van der Waals surface area contributed by atoms with Crippen LogP contribution in [0.15, 0.2) is 41.4 Å². The number of para-hydroxylation sites is 1. The van der Waals surface area contributed by atoms with Gasteiger partial charge in [-0.1, -0.05) is 18.2 Å². The van der Waals surface area contributed by atoms with Crippen molar-refractivity contribution < 1.29 is 9.53 Å². The monoisotopic (exact) mass is 298 g/mol. The molecule has 0 atom stereocenters. The number of carbonyl (C=O) groups is 1. The fraction of sp³-hybridized carbons (Fsp3) is 0.250. The van der Waals surface area contributed by atoms with Gasteiger partial charge in [-0.15, -0.1) is 6.58 Å². The van der Waals surface area contributed by atoms with E-state index in [1.165, 1.54) is 0 Å². The highest BCUT2D eigenvalue weighted by atomic mass is 79.9. The molecule has 0 saturated carbocycles. The van der Waals surface area contributed by atoms with Crippen LogP contribution in [-0.4, -0.2) is 25.7 Å². The summed E-state index contributed by atoms with van der Waals surface area (Å²) in [5.41, 5.74) is 0. The van der Waals surface area contributed by atoms with E-state index in [0.29, 0.717) is 19.7 Å². The van der Waals surface area contributed by atoms with Crippen molar-refractivity contribution in [1.29, 1.82) is 0 Å². The van der Waals surface area contributed by atoms with Gasteiger partial charge >= 0.3 is 6.03 Å². The molecule has 0 bridgehead atoms. The van der Waals surface area contributed by atoms with E-state index < -0.39 is 0 Å². The SMILES string of the molecule is C=CCNC(=O)NCCOc1ccccc1Br. The van der Waals surface area contributed by atoms with Gasteiger partial charge in [0.15, 0.2) is 0 Å². The predicted octanol–water partition coefficient (Wildman–Crippen LogP) is 2.31. The van der Waals surface area contributed by atoms with Crippen LogP contribution < -0.4 is 15.4 Å². The Kier molecular flexibility index (Phi) is 6.17. The number of hydrogen-bond acceptors (Lipinski definition) is 2. The topological polar surface area (TPSA) is 50.4 Å². The number of hydrogen-bond donors (Lipinski definition) is 2. The number of benzene rings is 1. The average molecular weight is 299 g/mol. The third-order valence-corrected chi connectivity index (χ3v) is 2.54. The maximum Gasteiger partial charge on any atom is 0.315 e. The van der Waals surface area contributed by atoms with Gasteiger partial charge in [-0.05, 0) is 28.1 Å². The molecule has 2 N–H and O–H groups in total. The van der Waals surface area contributed by atoms with Gasteiger partial charge in [0.1, 0.15) is 12.4 Å². The minimum Gasteiger partial charge on any atom is -0.491 e. The summed E-state index contributed by atoms with van der Waals surface area (Å²) < 4.78 is 6.38. The molecule has 0 radical (unpaired) electrons. The van der Waals surface area contributed by atoms with E-state index in [9.17, 15) is 4.79 Å². The normalized spacial score (nSPS) is 9.47. The second-order valence-electron chi connectivity index (χ2n) is 3.20. The Bertz CT molecular complexity index is 383. The third kappa shape index (κ3) is 5.40. The molecule has 0 aliphatic rings. The van der Waals surface area contributed by atoms with Gasteiger partial charge in [-0.3, -0.25) is 0 Å². The molecule has 92 valence electrons. The van der Waals surface area contributed by atoms with Crippen LogP contribution in [0.2, 0.25) is 0 Å². The molecule has 1 rings (SSSR count). The molecule has 0 aliphatic heterocycles. The predicted molar refractivity (Wildman–Crippen MR) is 71.2 cm³/mol. The largest absolute Gasteiger partial charge is 0.491 e. The minimum atomic E-state index is -0.222. The molecule has 2 amide bonds. The zero-order valence-electron chi connectivity index (χ0n) is 9.41. The second kappa shape index (κ2) is 7.73. The smallest absolute Gasteiger partial charge is 0.315 e. The van der Waals surface area contributed by atoms with Crippen molar-refractivity contribution >= 4 is 22.0 Å². The molecule has 17 heavy (non-hydrogen) atoms. The van der Waals surface area contributed by atoms with E-state index >= 15 is 0 Å². The van der Waals surface area contributed by atoms with E-state index in [2.05, 4.69) is 33.1 Å². The fourth-order valence-corrected chi connectivity index (χ4v) is 1.51. The summed E-state index contributed by atoms with van der Waals surface area (Å²) in [6.45, 7) is 4.83. The molecule has 0 saturated heterocycles. The minimum absolute atomic E-state index is 0.222. The summed E-state index contributed by atoms with van der Waals surface area (Å²) in [7, 11) is 0. The third-order valence-electron chi connectivity index (χ3n) is 1.89. The van der Waals surface area contributed by atoms with Gasteiger partial charge in [-0.25, -0.2) is 4.79 Å². The number of carbonyl (C=O) groups excluding carboxylic acids is 1. The highest BCUT2D eigenvalue weighted by Gasteiger charge is 2.00. The lowest BCUT2D eigenvalue weighted by atomic mass is 10.3. The first-order valence-electron chi connectivity index (χ1n) is 5.24. The first-order valence-corrected chi connectivity index (χ1v) is 6.03. The summed E-state index contributed by atoms with van der Waals surface area (Å²) in [5.74, 6) is 0.765. The van der Waals surface area contributed by atoms with Gasteiger partial charge in [0.25, 0.3) is 0 Å². The first kappa shape index (κ1) is 13.6. The number of ether oxygens (including phenoxy) is 1. The molecule has 1 aromatic carbocycles. The molecule has 0 aromatic heterocycles. The van der Waals surface area contributed by atoms with Crippen LogP contribution in [0.3, 0.4) is 0 Å². The Morgan fingerprint density at radius 2 is 2.18 bits per heavy atom. The van der Waals surface area contributed by atoms with Crippen molar-refractivity contribution in [3.8, 4) is 5.75 Å². The number of halogens is 1. The van der Waals surface area contributed by atoms with Gasteiger partial charge in [0, 0.05) is 6.54 Å². The quantitative estimate of drug-likeness (QED) is 0.625. The summed E-state index contributed by atoms with van der Waals surface area (Å²) >= 11 is 3.38. The first-order chi connectivity index (χ1) is 8.24. The molecule has 0 unspecified atom stereocenters. The van der Waals surface area contributed by atoms with Crippen molar-refractivity contribution in [2.45, 2.75) is 0 Å². The van der Waals surface area contributed by atoms with Crippen molar-refractivity contribution in [1.82, 2.24) is 10.6 Å². The maximum atomic E-state index is 11.1. The molecular weight excluding hydrogens is 284 g/mol. The summed E-state index contributed by atoms with van der Waals surface area (Å²) in [4.78, 5) is 11.1. The number of urea groups is 1. The van der Waals surface area contributed by atoms with Crippen LogP contribution in [0.4, 0.5) is 4.79 Å². The van der Waals surface area contributed by atoms with Crippen molar-refractivity contribution in [3.63, 3.8) is 0 Å². The summed E-state index contributed by atoms with van der Waals surface area (Å²) in [5, 5.41) is 5.28. The Morgan fingerprint density at radius 1 is 1.41 bits per heavy atom. The maximum absolute atomic E-state index is 11.1. The van der Waals surface area contributed by atoms with Crippen LogP contribution in [-0.2, 0) is 0 Å². The molecule has 0 heterocycles.